The summed E-state index contributed by atoms with van der Waals surface area (Å²) in [7, 11) is 0. The maximum atomic E-state index is 11.0. The summed E-state index contributed by atoms with van der Waals surface area (Å²) >= 11 is 0. The summed E-state index contributed by atoms with van der Waals surface area (Å²) < 4.78 is 0. The number of nitrogens with one attached hydrogen (secondary N) is 1. The van der Waals surface area contributed by atoms with E-state index in [9.17, 15) is 4.79 Å². The zero-order chi connectivity index (χ0) is 13.1. The molecule has 90 valence electrons. The first-order valence-corrected chi connectivity index (χ1v) is 5.62. The molecule has 0 saturated heterocycles. The van der Waals surface area contributed by atoms with Crippen molar-refractivity contribution in [2.24, 2.45) is 0 Å². The minimum Gasteiger partial charge on any atom is -0.337 e. The molecule has 17 heavy (non-hydrogen) atoms. The largest absolute Gasteiger partial charge is 0.337 e. The third-order valence-electron chi connectivity index (χ3n) is 2.59. The summed E-state index contributed by atoms with van der Waals surface area (Å²) in [5.41, 5.74) is 2.12. The number of nitriles is 1. The molecule has 1 atom stereocenters. The molecule has 0 aromatic heterocycles. The zero-order valence-corrected chi connectivity index (χ0v) is 10.7. The van der Waals surface area contributed by atoms with E-state index in [-0.39, 0.29) is 11.3 Å². The van der Waals surface area contributed by atoms with Crippen LogP contribution >= 0.6 is 0 Å². The minimum atomic E-state index is -0.568. The summed E-state index contributed by atoms with van der Waals surface area (Å²) in [4.78, 5) is 11.0. The van der Waals surface area contributed by atoms with Crippen molar-refractivity contribution >= 4 is 5.91 Å². The Bertz CT molecular complexity index is 435. The number of carbonyl (C=O) groups excluding carboxylic acids is 1. The first-order chi connectivity index (χ1) is 7.84. The summed E-state index contributed by atoms with van der Waals surface area (Å²) in [5, 5.41) is 11.6. The molecule has 0 aliphatic heterocycles. The second-order valence-electron chi connectivity index (χ2n) is 5.13. The molecule has 0 spiro atoms. The zero-order valence-electron chi connectivity index (χ0n) is 10.7. The number of nitrogens with zero attached hydrogens (tertiary/aromatic N) is 1. The van der Waals surface area contributed by atoms with Gasteiger partial charge in [-0.05, 0) is 16.5 Å². The van der Waals surface area contributed by atoms with Crippen molar-refractivity contribution < 1.29 is 4.79 Å². The van der Waals surface area contributed by atoms with Crippen LogP contribution in [0.5, 0.6) is 0 Å². The Hall–Kier alpha value is -1.82. The molecule has 0 fully saturated rings. The third kappa shape index (κ3) is 3.60. The minimum absolute atomic E-state index is 0.0919. The van der Waals surface area contributed by atoms with Crippen LogP contribution in [0.15, 0.2) is 24.3 Å². The van der Waals surface area contributed by atoms with Gasteiger partial charge in [0.15, 0.2) is 0 Å². The molecule has 1 N–H and O–H groups in total. The predicted octanol–water partition coefficient (Wildman–Crippen LogP) is 2.68. The maximum absolute atomic E-state index is 11.0. The Morgan fingerprint density at radius 2 is 1.82 bits per heavy atom. The number of carbonyl (C=O) groups is 1. The lowest BCUT2D eigenvalue weighted by Crippen LogP contribution is -2.24. The van der Waals surface area contributed by atoms with Gasteiger partial charge in [0.25, 0.3) is 0 Å². The maximum Gasteiger partial charge on any atom is 0.218 e. The molecule has 1 aromatic carbocycles. The SMILES string of the molecule is CC(=O)N[C@H](C#N)c1ccc(C(C)(C)C)cc1. The van der Waals surface area contributed by atoms with Gasteiger partial charge in [0.1, 0.15) is 6.04 Å². The highest BCUT2D eigenvalue weighted by Crippen LogP contribution is 2.23. The molecular weight excluding hydrogens is 212 g/mol. The first kappa shape index (κ1) is 13.2. The molecule has 0 heterocycles. The van der Waals surface area contributed by atoms with Gasteiger partial charge in [-0.25, -0.2) is 0 Å². The van der Waals surface area contributed by atoms with Crippen molar-refractivity contribution in [3.05, 3.63) is 35.4 Å². The molecule has 0 unspecified atom stereocenters. The Kier molecular flexibility index (Phi) is 3.90. The van der Waals surface area contributed by atoms with Crippen LogP contribution in [0.25, 0.3) is 0 Å². The highest BCUT2D eigenvalue weighted by molar-refractivity contribution is 5.73. The van der Waals surface area contributed by atoms with E-state index in [1.54, 1.807) is 0 Å². The molecule has 0 aliphatic carbocycles. The summed E-state index contributed by atoms with van der Waals surface area (Å²) in [6, 6.07) is 9.30. The van der Waals surface area contributed by atoms with Crippen LogP contribution in [0.4, 0.5) is 0 Å². The van der Waals surface area contributed by atoms with E-state index < -0.39 is 6.04 Å². The quantitative estimate of drug-likeness (QED) is 0.849. The first-order valence-electron chi connectivity index (χ1n) is 5.62. The van der Waals surface area contributed by atoms with Gasteiger partial charge in [-0.2, -0.15) is 5.26 Å². The lowest BCUT2D eigenvalue weighted by Gasteiger charge is -2.20. The average Bonchev–Trinajstić information content (AvgIpc) is 2.24. The Balaban J connectivity index is 2.94. The van der Waals surface area contributed by atoms with Crippen molar-refractivity contribution in [3.63, 3.8) is 0 Å². The topological polar surface area (TPSA) is 52.9 Å². The normalized spacial score (nSPS) is 12.6. The van der Waals surface area contributed by atoms with E-state index in [1.807, 2.05) is 24.3 Å². The fourth-order valence-electron chi connectivity index (χ4n) is 1.57. The molecular formula is C14H18N2O. The van der Waals surface area contributed by atoms with Gasteiger partial charge in [-0.3, -0.25) is 4.79 Å². The number of hydrogen-bond acceptors (Lipinski definition) is 2. The van der Waals surface area contributed by atoms with Gasteiger partial charge in [-0.1, -0.05) is 45.0 Å². The van der Waals surface area contributed by atoms with Gasteiger partial charge in [0.05, 0.1) is 6.07 Å². The number of amides is 1. The number of hydrogen-bond donors (Lipinski definition) is 1. The van der Waals surface area contributed by atoms with E-state index in [2.05, 4.69) is 32.2 Å². The number of benzene rings is 1. The second kappa shape index (κ2) is 5.01. The fourth-order valence-corrected chi connectivity index (χ4v) is 1.57. The van der Waals surface area contributed by atoms with E-state index >= 15 is 0 Å². The van der Waals surface area contributed by atoms with Crippen LogP contribution in [0, 0.1) is 11.3 Å². The lowest BCUT2D eigenvalue weighted by atomic mass is 9.86. The lowest BCUT2D eigenvalue weighted by molar-refractivity contribution is -0.119. The standard InChI is InChI=1S/C14H18N2O/c1-10(17)16-13(9-15)11-5-7-12(8-6-11)14(2,3)4/h5-8,13H,1-4H3,(H,16,17)/t13-/m1/s1. The van der Waals surface area contributed by atoms with Crippen LogP contribution < -0.4 is 5.32 Å². The van der Waals surface area contributed by atoms with Crippen molar-refractivity contribution in [3.8, 4) is 6.07 Å². The summed E-state index contributed by atoms with van der Waals surface area (Å²) in [6.45, 7) is 7.82. The second-order valence-corrected chi connectivity index (χ2v) is 5.13. The van der Waals surface area contributed by atoms with Gasteiger partial charge in [0.2, 0.25) is 5.91 Å². The van der Waals surface area contributed by atoms with E-state index in [0.29, 0.717) is 0 Å². The van der Waals surface area contributed by atoms with Crippen LogP contribution in [-0.2, 0) is 10.2 Å². The van der Waals surface area contributed by atoms with Crippen LogP contribution in [-0.4, -0.2) is 5.91 Å². The summed E-state index contributed by atoms with van der Waals surface area (Å²) in [5.74, 6) is -0.198. The molecule has 0 bridgehead atoms. The molecule has 1 amide bonds. The van der Waals surface area contributed by atoms with Crippen LogP contribution in [0.1, 0.15) is 44.9 Å². The van der Waals surface area contributed by atoms with Crippen molar-refractivity contribution in [1.82, 2.24) is 5.32 Å². The monoisotopic (exact) mass is 230 g/mol. The van der Waals surface area contributed by atoms with Crippen molar-refractivity contribution in [2.45, 2.75) is 39.2 Å². The molecule has 3 heteroatoms. The highest BCUT2D eigenvalue weighted by Gasteiger charge is 2.15. The number of rotatable bonds is 2. The summed E-state index contributed by atoms with van der Waals surface area (Å²) in [6.07, 6.45) is 0. The van der Waals surface area contributed by atoms with Gasteiger partial charge >= 0.3 is 0 Å². The van der Waals surface area contributed by atoms with E-state index in [4.69, 9.17) is 5.26 Å². The van der Waals surface area contributed by atoms with Crippen molar-refractivity contribution in [1.29, 1.82) is 5.26 Å². The molecule has 1 rings (SSSR count). The van der Waals surface area contributed by atoms with Gasteiger partial charge in [0, 0.05) is 6.92 Å². The van der Waals surface area contributed by atoms with Crippen molar-refractivity contribution in [2.75, 3.05) is 0 Å². The Morgan fingerprint density at radius 3 is 2.18 bits per heavy atom. The Morgan fingerprint density at radius 1 is 1.29 bits per heavy atom. The predicted molar refractivity (Wildman–Crippen MR) is 67.3 cm³/mol. The molecule has 3 nitrogen and oxygen atoms in total. The molecule has 0 aliphatic rings. The van der Waals surface area contributed by atoms with E-state index in [0.717, 1.165) is 5.56 Å². The molecule has 0 radical (unpaired) electrons. The Labute approximate surface area is 102 Å². The fraction of sp³-hybridized carbons (Fsp3) is 0.429. The van der Waals surface area contributed by atoms with Crippen LogP contribution in [0.3, 0.4) is 0 Å². The molecule has 1 aromatic rings. The van der Waals surface area contributed by atoms with E-state index in [1.165, 1.54) is 12.5 Å². The smallest absolute Gasteiger partial charge is 0.218 e. The van der Waals surface area contributed by atoms with Gasteiger partial charge < -0.3 is 5.32 Å². The average molecular weight is 230 g/mol. The van der Waals surface area contributed by atoms with Gasteiger partial charge in [-0.15, -0.1) is 0 Å². The third-order valence-corrected chi connectivity index (χ3v) is 2.59. The molecule has 0 saturated carbocycles. The van der Waals surface area contributed by atoms with Crippen LogP contribution in [0.2, 0.25) is 0 Å². The highest BCUT2D eigenvalue weighted by atomic mass is 16.1.